The Kier molecular flexibility index (Phi) is 4.68. The predicted molar refractivity (Wildman–Crippen MR) is 84.6 cm³/mol. The number of nitrogen functional groups attached to an aromatic ring is 1. The van der Waals surface area contributed by atoms with Gasteiger partial charge in [0.05, 0.1) is 17.3 Å². The Balaban J connectivity index is 2.41. The molecular weight excluding hydrogens is 342 g/mol. The lowest BCUT2D eigenvalue weighted by Crippen LogP contribution is -2.05. The van der Waals surface area contributed by atoms with Crippen molar-refractivity contribution in [2.24, 2.45) is 0 Å². The van der Waals surface area contributed by atoms with Gasteiger partial charge < -0.3 is 10.5 Å². The van der Waals surface area contributed by atoms with E-state index in [0.29, 0.717) is 33.6 Å². The minimum absolute atomic E-state index is 0.183. The molecule has 2 aromatic carbocycles. The van der Waals surface area contributed by atoms with Crippen molar-refractivity contribution in [3.05, 3.63) is 57.0 Å². The number of hydrogen-bond donors (Lipinski definition) is 1. The fourth-order valence-corrected chi connectivity index (χ4v) is 2.56. The van der Waals surface area contributed by atoms with Gasteiger partial charge in [0.1, 0.15) is 5.75 Å². The van der Waals surface area contributed by atoms with Crippen LogP contribution in [0.1, 0.15) is 22.8 Å². The van der Waals surface area contributed by atoms with Crippen LogP contribution >= 0.6 is 27.5 Å². The van der Waals surface area contributed by atoms with E-state index in [9.17, 15) is 4.79 Å². The summed E-state index contributed by atoms with van der Waals surface area (Å²) >= 11 is 9.47. The molecule has 0 spiro atoms. The molecule has 2 rings (SSSR count). The highest BCUT2D eigenvalue weighted by atomic mass is 79.9. The third-order valence-electron chi connectivity index (χ3n) is 2.77. The summed E-state index contributed by atoms with van der Waals surface area (Å²) in [6.45, 7) is 2.47. The SMILES string of the molecule is CCOc1ccc(C(=O)c2cccc(N)c2Cl)c(Br)c1. The lowest BCUT2D eigenvalue weighted by Gasteiger charge is -2.09. The number of nitrogens with two attached hydrogens (primary N) is 1. The molecule has 0 fully saturated rings. The first-order valence-electron chi connectivity index (χ1n) is 6.05. The Bertz CT molecular complexity index is 658. The summed E-state index contributed by atoms with van der Waals surface area (Å²) in [6, 6.07) is 10.2. The number of rotatable bonds is 4. The number of anilines is 1. The highest BCUT2D eigenvalue weighted by Crippen LogP contribution is 2.29. The van der Waals surface area contributed by atoms with Gasteiger partial charge in [-0.25, -0.2) is 0 Å². The Labute approximate surface area is 130 Å². The number of benzene rings is 2. The van der Waals surface area contributed by atoms with E-state index in [0.717, 1.165) is 0 Å². The molecule has 5 heteroatoms. The van der Waals surface area contributed by atoms with Crippen LogP contribution in [0.3, 0.4) is 0 Å². The van der Waals surface area contributed by atoms with E-state index >= 15 is 0 Å². The van der Waals surface area contributed by atoms with Gasteiger partial charge in [0, 0.05) is 15.6 Å². The van der Waals surface area contributed by atoms with Gasteiger partial charge in [-0.15, -0.1) is 0 Å². The summed E-state index contributed by atoms with van der Waals surface area (Å²) < 4.78 is 6.04. The molecule has 0 bridgehead atoms. The van der Waals surface area contributed by atoms with Gasteiger partial charge in [-0.05, 0) is 53.2 Å². The van der Waals surface area contributed by atoms with E-state index in [4.69, 9.17) is 22.1 Å². The van der Waals surface area contributed by atoms with Crippen LogP contribution in [0.15, 0.2) is 40.9 Å². The van der Waals surface area contributed by atoms with Crippen LogP contribution in [0.25, 0.3) is 0 Å². The average molecular weight is 355 g/mol. The van der Waals surface area contributed by atoms with E-state index in [2.05, 4.69) is 15.9 Å². The number of halogens is 2. The van der Waals surface area contributed by atoms with Gasteiger partial charge in [0.2, 0.25) is 0 Å². The van der Waals surface area contributed by atoms with E-state index in [-0.39, 0.29) is 10.8 Å². The molecular formula is C15H13BrClNO2. The minimum Gasteiger partial charge on any atom is -0.494 e. The van der Waals surface area contributed by atoms with Gasteiger partial charge in [-0.2, -0.15) is 0 Å². The van der Waals surface area contributed by atoms with E-state index in [1.807, 2.05) is 6.92 Å². The lowest BCUT2D eigenvalue weighted by atomic mass is 10.0. The molecule has 0 aliphatic carbocycles. The van der Waals surface area contributed by atoms with Crippen LogP contribution < -0.4 is 10.5 Å². The summed E-state index contributed by atoms with van der Waals surface area (Å²) in [4.78, 5) is 12.5. The van der Waals surface area contributed by atoms with E-state index in [1.54, 1.807) is 36.4 Å². The van der Waals surface area contributed by atoms with E-state index < -0.39 is 0 Å². The first-order chi connectivity index (χ1) is 9.54. The summed E-state index contributed by atoms with van der Waals surface area (Å²) in [7, 11) is 0. The Morgan fingerprint density at radius 1 is 1.30 bits per heavy atom. The summed E-state index contributed by atoms with van der Waals surface area (Å²) in [6.07, 6.45) is 0. The fourth-order valence-electron chi connectivity index (χ4n) is 1.81. The van der Waals surface area contributed by atoms with Crippen molar-refractivity contribution in [1.29, 1.82) is 0 Å². The van der Waals surface area contributed by atoms with Crippen molar-refractivity contribution in [3.8, 4) is 5.75 Å². The summed E-state index contributed by atoms with van der Waals surface area (Å²) in [5.74, 6) is 0.520. The second-order valence-corrected chi connectivity index (χ2v) is 5.34. The Morgan fingerprint density at radius 3 is 2.70 bits per heavy atom. The van der Waals surface area contributed by atoms with Gasteiger partial charge in [0.15, 0.2) is 5.78 Å². The molecule has 2 aromatic rings. The van der Waals surface area contributed by atoms with Crippen LogP contribution in [-0.2, 0) is 0 Å². The van der Waals surface area contributed by atoms with Crippen molar-refractivity contribution >= 4 is 39.0 Å². The maximum Gasteiger partial charge on any atom is 0.195 e. The minimum atomic E-state index is -0.183. The lowest BCUT2D eigenvalue weighted by molar-refractivity contribution is 0.103. The molecule has 0 aliphatic rings. The fraction of sp³-hybridized carbons (Fsp3) is 0.133. The monoisotopic (exact) mass is 353 g/mol. The zero-order valence-corrected chi connectivity index (χ0v) is 13.2. The molecule has 0 atom stereocenters. The third kappa shape index (κ3) is 2.97. The van der Waals surface area contributed by atoms with Gasteiger partial charge >= 0.3 is 0 Å². The molecule has 0 radical (unpaired) electrons. The Hall–Kier alpha value is -1.52. The molecule has 0 unspecified atom stereocenters. The van der Waals surface area contributed by atoms with Crippen molar-refractivity contribution < 1.29 is 9.53 Å². The van der Waals surface area contributed by atoms with Crippen LogP contribution in [0.4, 0.5) is 5.69 Å². The normalized spacial score (nSPS) is 10.3. The average Bonchev–Trinajstić information content (AvgIpc) is 2.42. The highest BCUT2D eigenvalue weighted by Gasteiger charge is 2.17. The number of carbonyl (C=O) groups excluding carboxylic acids is 1. The van der Waals surface area contributed by atoms with Crippen LogP contribution in [0.2, 0.25) is 5.02 Å². The van der Waals surface area contributed by atoms with Crippen molar-refractivity contribution in [2.45, 2.75) is 6.92 Å². The second-order valence-electron chi connectivity index (χ2n) is 4.11. The Morgan fingerprint density at radius 2 is 2.05 bits per heavy atom. The second kappa shape index (κ2) is 6.29. The first kappa shape index (κ1) is 14.9. The molecule has 0 amide bonds. The largest absolute Gasteiger partial charge is 0.494 e. The van der Waals surface area contributed by atoms with E-state index in [1.165, 1.54) is 0 Å². The number of hydrogen-bond acceptors (Lipinski definition) is 3. The molecule has 0 heterocycles. The molecule has 0 aliphatic heterocycles. The third-order valence-corrected chi connectivity index (χ3v) is 3.85. The van der Waals surface area contributed by atoms with Crippen molar-refractivity contribution in [2.75, 3.05) is 12.3 Å². The summed E-state index contributed by atoms with van der Waals surface area (Å²) in [5.41, 5.74) is 7.01. The maximum atomic E-state index is 12.5. The van der Waals surface area contributed by atoms with Gasteiger partial charge in [-0.3, -0.25) is 4.79 Å². The summed E-state index contributed by atoms with van der Waals surface area (Å²) in [5, 5.41) is 0.276. The molecule has 0 saturated heterocycles. The number of ketones is 1. The van der Waals surface area contributed by atoms with Gasteiger partial charge in [0.25, 0.3) is 0 Å². The van der Waals surface area contributed by atoms with Crippen LogP contribution in [0, 0.1) is 0 Å². The molecule has 0 saturated carbocycles. The van der Waals surface area contributed by atoms with Crippen LogP contribution in [0.5, 0.6) is 5.75 Å². The first-order valence-corrected chi connectivity index (χ1v) is 7.22. The predicted octanol–water partition coefficient (Wildman–Crippen LogP) is 4.31. The molecule has 104 valence electrons. The van der Waals surface area contributed by atoms with Crippen molar-refractivity contribution in [1.82, 2.24) is 0 Å². The zero-order valence-electron chi connectivity index (χ0n) is 10.8. The quantitative estimate of drug-likeness (QED) is 0.657. The molecule has 2 N–H and O–H groups in total. The van der Waals surface area contributed by atoms with Crippen LogP contribution in [-0.4, -0.2) is 12.4 Å². The molecule has 0 aromatic heterocycles. The molecule has 20 heavy (non-hydrogen) atoms. The maximum absolute atomic E-state index is 12.5. The standard InChI is InChI=1S/C15H13BrClNO2/c1-2-20-9-6-7-10(12(16)8-9)15(19)11-4-3-5-13(18)14(11)17/h3-8H,2,18H2,1H3. The number of carbonyl (C=O) groups is 1. The van der Waals surface area contributed by atoms with Crippen molar-refractivity contribution in [3.63, 3.8) is 0 Å². The number of ether oxygens (including phenoxy) is 1. The zero-order chi connectivity index (χ0) is 14.7. The smallest absolute Gasteiger partial charge is 0.195 e. The molecule has 3 nitrogen and oxygen atoms in total. The highest BCUT2D eigenvalue weighted by molar-refractivity contribution is 9.10. The van der Waals surface area contributed by atoms with Gasteiger partial charge in [-0.1, -0.05) is 17.7 Å². The topological polar surface area (TPSA) is 52.3 Å².